The monoisotopic (exact) mass is 286 g/mol. The number of rotatable bonds is 4. The Balaban J connectivity index is 2.76. The van der Waals surface area contributed by atoms with Gasteiger partial charge in [0.2, 0.25) is 5.91 Å². The molecule has 0 aromatic carbocycles. The number of hydrogen-bond donors (Lipinski definition) is 3. The van der Waals surface area contributed by atoms with Crippen molar-refractivity contribution in [1.29, 1.82) is 0 Å². The first kappa shape index (κ1) is 12.8. The molecule has 0 aliphatic heterocycles. The van der Waals surface area contributed by atoms with Gasteiger partial charge in [-0.05, 0) is 29.8 Å². The Labute approximate surface area is 103 Å². The largest absolute Gasteiger partial charge is 0.396 e. The van der Waals surface area contributed by atoms with E-state index in [1.54, 1.807) is 13.1 Å². The van der Waals surface area contributed by atoms with Crippen molar-refractivity contribution >= 4 is 33.2 Å². The summed E-state index contributed by atoms with van der Waals surface area (Å²) in [5.74, 6) is -0.0642. The van der Waals surface area contributed by atoms with Gasteiger partial charge in [-0.2, -0.15) is 0 Å². The van der Waals surface area contributed by atoms with Crippen molar-refractivity contribution in [1.82, 2.24) is 10.3 Å². The minimum atomic E-state index is -0.346. The summed E-state index contributed by atoms with van der Waals surface area (Å²) in [4.78, 5) is 15.4. The van der Waals surface area contributed by atoms with Gasteiger partial charge in [-0.25, -0.2) is 0 Å². The number of nitrogens with two attached hydrogens (primary N) is 1. The molecule has 0 aliphatic carbocycles. The Bertz CT molecular complexity index is 363. The van der Waals surface area contributed by atoms with Crippen LogP contribution in [0.15, 0.2) is 16.9 Å². The van der Waals surface area contributed by atoms with Crippen molar-refractivity contribution in [2.75, 3.05) is 17.6 Å². The predicted octanol–water partition coefficient (Wildman–Crippen LogP) is 1.36. The molecule has 1 aromatic heterocycles. The average Bonchev–Trinajstić information content (AvgIpc) is 2.23. The Morgan fingerprint density at radius 2 is 2.31 bits per heavy atom. The summed E-state index contributed by atoms with van der Waals surface area (Å²) >= 11 is 3.33. The molecule has 5 nitrogen and oxygen atoms in total. The number of halogens is 1. The zero-order valence-electron chi connectivity index (χ0n) is 9.25. The number of nitrogens with zero attached hydrogens (tertiary/aromatic N) is 1. The van der Waals surface area contributed by atoms with Crippen molar-refractivity contribution in [3.05, 3.63) is 16.9 Å². The normalized spacial score (nSPS) is 11.9. The van der Waals surface area contributed by atoms with Gasteiger partial charge in [0, 0.05) is 12.7 Å². The van der Waals surface area contributed by atoms with Crippen LogP contribution in [-0.2, 0) is 4.79 Å². The molecule has 1 unspecified atom stereocenters. The van der Waals surface area contributed by atoms with Gasteiger partial charge in [0.05, 0.1) is 22.0 Å². The van der Waals surface area contributed by atoms with Gasteiger partial charge >= 0.3 is 0 Å². The number of amides is 1. The van der Waals surface area contributed by atoms with Crippen molar-refractivity contribution in [2.24, 2.45) is 0 Å². The third-order valence-electron chi connectivity index (χ3n) is 2.03. The maximum Gasteiger partial charge on any atom is 0.242 e. The molecule has 0 radical (unpaired) electrons. The zero-order chi connectivity index (χ0) is 12.1. The molecule has 1 aromatic rings. The van der Waals surface area contributed by atoms with Crippen LogP contribution < -0.4 is 16.4 Å². The van der Waals surface area contributed by atoms with E-state index in [0.29, 0.717) is 17.9 Å². The number of nitrogens with one attached hydrogen (secondary N) is 2. The minimum Gasteiger partial charge on any atom is -0.396 e. The molecule has 88 valence electrons. The van der Waals surface area contributed by atoms with Gasteiger partial charge in [0.1, 0.15) is 6.04 Å². The number of carbonyl (C=O) groups excluding carboxylic acids is 1. The van der Waals surface area contributed by atoms with Gasteiger partial charge < -0.3 is 16.4 Å². The van der Waals surface area contributed by atoms with Crippen molar-refractivity contribution in [2.45, 2.75) is 19.9 Å². The van der Waals surface area contributed by atoms with Crippen LogP contribution in [0.4, 0.5) is 11.4 Å². The highest BCUT2D eigenvalue weighted by Gasteiger charge is 2.14. The lowest BCUT2D eigenvalue weighted by molar-refractivity contribution is -0.121. The van der Waals surface area contributed by atoms with Crippen LogP contribution in [0.5, 0.6) is 0 Å². The molecule has 0 saturated carbocycles. The molecule has 1 amide bonds. The molecule has 0 fully saturated rings. The fourth-order valence-corrected chi connectivity index (χ4v) is 1.67. The summed E-state index contributed by atoms with van der Waals surface area (Å²) in [5, 5.41) is 5.77. The summed E-state index contributed by atoms with van der Waals surface area (Å²) in [5.41, 5.74) is 6.95. The van der Waals surface area contributed by atoms with E-state index in [4.69, 9.17) is 5.73 Å². The summed E-state index contributed by atoms with van der Waals surface area (Å²) in [6.45, 7) is 4.26. The van der Waals surface area contributed by atoms with Gasteiger partial charge in [-0.15, -0.1) is 0 Å². The Kier molecular flexibility index (Phi) is 4.54. The molecular formula is C10H15BrN4O. The summed E-state index contributed by atoms with van der Waals surface area (Å²) in [6.07, 6.45) is 3.17. The zero-order valence-corrected chi connectivity index (χ0v) is 10.8. The smallest absolute Gasteiger partial charge is 0.242 e. The van der Waals surface area contributed by atoms with E-state index in [-0.39, 0.29) is 11.9 Å². The Morgan fingerprint density at radius 3 is 2.88 bits per heavy atom. The topological polar surface area (TPSA) is 80.0 Å². The first-order valence-electron chi connectivity index (χ1n) is 4.99. The summed E-state index contributed by atoms with van der Waals surface area (Å²) in [6, 6.07) is -0.346. The summed E-state index contributed by atoms with van der Waals surface area (Å²) < 4.78 is 0.739. The fraction of sp³-hybridized carbons (Fsp3) is 0.400. The SMILES string of the molecule is CCNC(=O)C(C)Nc1c(N)cncc1Br. The standard InChI is InChI=1S/C10H15BrN4O/c1-3-14-10(16)6(2)15-9-7(11)4-13-5-8(9)12/h4-6H,3,12H2,1-2H3,(H,13,15)(H,14,16). The van der Waals surface area contributed by atoms with E-state index < -0.39 is 0 Å². The van der Waals surface area contributed by atoms with Gasteiger partial charge in [-0.3, -0.25) is 9.78 Å². The molecule has 1 atom stereocenters. The first-order chi connectivity index (χ1) is 7.56. The summed E-state index contributed by atoms with van der Waals surface area (Å²) in [7, 11) is 0. The second kappa shape index (κ2) is 5.69. The molecular weight excluding hydrogens is 272 g/mol. The van der Waals surface area contributed by atoms with Crippen LogP contribution in [-0.4, -0.2) is 23.5 Å². The molecule has 0 spiro atoms. The molecule has 1 rings (SSSR count). The lowest BCUT2D eigenvalue weighted by Crippen LogP contribution is -2.37. The number of pyridine rings is 1. The quantitative estimate of drug-likeness (QED) is 0.781. The highest BCUT2D eigenvalue weighted by molar-refractivity contribution is 9.10. The van der Waals surface area contributed by atoms with E-state index >= 15 is 0 Å². The first-order valence-corrected chi connectivity index (χ1v) is 5.78. The molecule has 4 N–H and O–H groups in total. The maximum absolute atomic E-state index is 11.5. The van der Waals surface area contributed by atoms with Gasteiger partial charge in [-0.1, -0.05) is 0 Å². The predicted molar refractivity (Wildman–Crippen MR) is 68.1 cm³/mol. The second-order valence-corrected chi connectivity index (χ2v) is 4.20. The van der Waals surface area contributed by atoms with E-state index in [2.05, 4.69) is 31.5 Å². The third kappa shape index (κ3) is 3.10. The molecule has 0 aliphatic rings. The third-order valence-corrected chi connectivity index (χ3v) is 2.64. The highest BCUT2D eigenvalue weighted by Crippen LogP contribution is 2.27. The van der Waals surface area contributed by atoms with Crippen LogP contribution in [0.25, 0.3) is 0 Å². The Hall–Kier alpha value is -1.30. The molecule has 16 heavy (non-hydrogen) atoms. The molecule has 6 heteroatoms. The van der Waals surface area contributed by atoms with Crippen LogP contribution in [0.3, 0.4) is 0 Å². The average molecular weight is 287 g/mol. The number of hydrogen-bond acceptors (Lipinski definition) is 4. The highest BCUT2D eigenvalue weighted by atomic mass is 79.9. The number of likely N-dealkylation sites (N-methyl/N-ethyl adjacent to an activating group) is 1. The molecule has 0 saturated heterocycles. The lowest BCUT2D eigenvalue weighted by atomic mass is 10.2. The number of carbonyl (C=O) groups is 1. The molecule has 0 bridgehead atoms. The minimum absolute atomic E-state index is 0.0642. The van der Waals surface area contributed by atoms with Gasteiger partial charge in [0.25, 0.3) is 0 Å². The van der Waals surface area contributed by atoms with Gasteiger partial charge in [0.15, 0.2) is 0 Å². The van der Waals surface area contributed by atoms with Crippen molar-refractivity contribution < 1.29 is 4.79 Å². The van der Waals surface area contributed by atoms with Crippen LogP contribution in [0.2, 0.25) is 0 Å². The van der Waals surface area contributed by atoms with E-state index in [1.165, 1.54) is 6.20 Å². The van der Waals surface area contributed by atoms with E-state index in [9.17, 15) is 4.79 Å². The number of aromatic nitrogens is 1. The van der Waals surface area contributed by atoms with Crippen molar-refractivity contribution in [3.8, 4) is 0 Å². The Morgan fingerprint density at radius 1 is 1.62 bits per heavy atom. The van der Waals surface area contributed by atoms with Crippen molar-refractivity contribution in [3.63, 3.8) is 0 Å². The lowest BCUT2D eigenvalue weighted by Gasteiger charge is -2.16. The van der Waals surface area contributed by atoms with Crippen LogP contribution in [0, 0.1) is 0 Å². The maximum atomic E-state index is 11.5. The van der Waals surface area contributed by atoms with Crippen LogP contribution >= 0.6 is 15.9 Å². The van der Waals surface area contributed by atoms with Crippen LogP contribution in [0.1, 0.15) is 13.8 Å². The number of nitrogen functional groups attached to an aromatic ring is 1. The van der Waals surface area contributed by atoms with E-state index in [1.807, 2.05) is 6.92 Å². The fourth-order valence-electron chi connectivity index (χ4n) is 1.21. The number of anilines is 2. The molecule has 1 heterocycles. The second-order valence-electron chi connectivity index (χ2n) is 3.35. The van der Waals surface area contributed by atoms with E-state index in [0.717, 1.165) is 4.47 Å².